The molecule has 37 heavy (non-hydrogen) atoms. The van der Waals surface area contributed by atoms with E-state index in [1.165, 1.54) is 12.8 Å². The molecule has 0 spiro atoms. The van der Waals surface area contributed by atoms with E-state index in [0.29, 0.717) is 24.0 Å². The van der Waals surface area contributed by atoms with Crippen LogP contribution in [0.1, 0.15) is 107 Å². The predicted octanol–water partition coefficient (Wildman–Crippen LogP) is 5.35. The van der Waals surface area contributed by atoms with Crippen LogP contribution in [0.2, 0.25) is 0 Å². The van der Waals surface area contributed by atoms with Crippen LogP contribution in [0.4, 0.5) is 8.78 Å². The minimum absolute atomic E-state index is 0.102. The third kappa shape index (κ3) is 5.71. The van der Waals surface area contributed by atoms with Gasteiger partial charge in [0.05, 0.1) is 6.04 Å². The number of aryl methyl sites for hydroxylation is 1. The molecule has 3 fully saturated rings. The third-order valence-electron chi connectivity index (χ3n) is 8.80. The van der Waals surface area contributed by atoms with E-state index in [9.17, 15) is 13.6 Å². The molecular formula is C28H40F2N6O. The fourth-order valence-electron chi connectivity index (χ4n) is 6.83. The SMILES string of the molecule is Cc1nnc(C(C)C)n1C1C[C@H]2CC[C@@H](C1)N2CC[C@H](NC(=O)C1CCC(F)(F)CC1)c1cccnc1. The van der Waals surface area contributed by atoms with Crippen molar-refractivity contribution in [2.75, 3.05) is 6.54 Å². The maximum atomic E-state index is 13.6. The number of alkyl halides is 2. The largest absolute Gasteiger partial charge is 0.349 e. The Morgan fingerprint density at radius 2 is 1.81 bits per heavy atom. The Morgan fingerprint density at radius 1 is 1.11 bits per heavy atom. The average molecular weight is 515 g/mol. The maximum Gasteiger partial charge on any atom is 0.248 e. The first kappa shape index (κ1) is 26.2. The van der Waals surface area contributed by atoms with Crippen LogP contribution in [0.15, 0.2) is 24.5 Å². The quantitative estimate of drug-likeness (QED) is 0.514. The van der Waals surface area contributed by atoms with Crippen molar-refractivity contribution >= 4 is 5.91 Å². The molecule has 7 nitrogen and oxygen atoms in total. The summed E-state index contributed by atoms with van der Waals surface area (Å²) in [5, 5.41) is 12.0. The molecule has 1 amide bonds. The summed E-state index contributed by atoms with van der Waals surface area (Å²) < 4.78 is 29.6. The second kappa shape index (κ2) is 10.8. The van der Waals surface area contributed by atoms with Gasteiger partial charge in [-0.05, 0) is 63.5 Å². The van der Waals surface area contributed by atoms with E-state index in [0.717, 1.165) is 43.0 Å². The van der Waals surface area contributed by atoms with Crippen molar-refractivity contribution < 1.29 is 13.6 Å². The van der Waals surface area contributed by atoms with Gasteiger partial charge in [-0.1, -0.05) is 19.9 Å². The molecule has 5 rings (SSSR count). The Kier molecular flexibility index (Phi) is 7.61. The van der Waals surface area contributed by atoms with Crippen LogP contribution >= 0.6 is 0 Å². The Labute approximate surface area is 218 Å². The molecule has 1 saturated carbocycles. The van der Waals surface area contributed by atoms with Gasteiger partial charge in [0.25, 0.3) is 0 Å². The lowest BCUT2D eigenvalue weighted by Gasteiger charge is -2.40. The van der Waals surface area contributed by atoms with Gasteiger partial charge >= 0.3 is 0 Å². The van der Waals surface area contributed by atoms with Gasteiger partial charge in [-0.25, -0.2) is 8.78 Å². The van der Waals surface area contributed by atoms with Crippen LogP contribution in [0.3, 0.4) is 0 Å². The summed E-state index contributed by atoms with van der Waals surface area (Å²) in [5.41, 5.74) is 0.973. The minimum atomic E-state index is -2.63. The van der Waals surface area contributed by atoms with Crippen molar-refractivity contribution in [2.24, 2.45) is 5.92 Å². The normalized spacial score (nSPS) is 26.9. The molecule has 4 heterocycles. The van der Waals surface area contributed by atoms with Crippen LogP contribution in [-0.4, -0.2) is 55.1 Å². The first-order valence-corrected chi connectivity index (χ1v) is 14.0. The number of hydrogen-bond donors (Lipinski definition) is 1. The molecule has 1 unspecified atom stereocenters. The van der Waals surface area contributed by atoms with Crippen molar-refractivity contribution in [2.45, 2.75) is 115 Å². The molecule has 3 aliphatic rings. The first-order chi connectivity index (χ1) is 17.7. The molecule has 9 heteroatoms. The van der Waals surface area contributed by atoms with E-state index in [1.54, 1.807) is 6.20 Å². The van der Waals surface area contributed by atoms with Crippen molar-refractivity contribution in [1.82, 2.24) is 30.0 Å². The Hall–Kier alpha value is -2.42. The highest BCUT2D eigenvalue weighted by Gasteiger charge is 2.42. The third-order valence-corrected chi connectivity index (χ3v) is 8.80. The number of carbonyl (C=O) groups excluding carboxylic acids is 1. The zero-order chi connectivity index (χ0) is 26.2. The molecule has 1 aliphatic carbocycles. The summed E-state index contributed by atoms with van der Waals surface area (Å²) in [6.45, 7) is 7.30. The molecule has 2 saturated heterocycles. The van der Waals surface area contributed by atoms with Crippen LogP contribution < -0.4 is 5.32 Å². The molecule has 2 aromatic rings. The Morgan fingerprint density at radius 3 is 2.43 bits per heavy atom. The molecule has 202 valence electrons. The summed E-state index contributed by atoms with van der Waals surface area (Å²) in [5.74, 6) is -0.650. The summed E-state index contributed by atoms with van der Waals surface area (Å²) in [6, 6.07) is 5.16. The Balaban J connectivity index is 1.24. The molecule has 2 aromatic heterocycles. The van der Waals surface area contributed by atoms with Gasteiger partial charge in [0, 0.05) is 61.7 Å². The highest BCUT2D eigenvalue weighted by atomic mass is 19.3. The molecular weight excluding hydrogens is 474 g/mol. The van der Waals surface area contributed by atoms with E-state index in [-0.39, 0.29) is 43.6 Å². The van der Waals surface area contributed by atoms with Crippen molar-refractivity contribution in [1.29, 1.82) is 0 Å². The zero-order valence-electron chi connectivity index (χ0n) is 22.2. The number of halogens is 2. The highest BCUT2D eigenvalue weighted by Crippen LogP contribution is 2.42. The standard InChI is InChI=1S/C28H40F2N6O/c1-18(2)26-34-33-19(3)36(26)24-15-22-6-7-23(16-24)35(22)14-10-25(21-5-4-13-31-17-21)32-27(37)20-8-11-28(29,30)12-9-20/h4-5,13,17-18,20,22-25H,6-12,14-16H2,1-3H3,(H,32,37)/t22-,23+,24?,25-/m0/s1. The second-order valence-corrected chi connectivity index (χ2v) is 11.6. The fourth-order valence-corrected chi connectivity index (χ4v) is 6.83. The van der Waals surface area contributed by atoms with E-state index in [4.69, 9.17) is 0 Å². The van der Waals surface area contributed by atoms with Crippen LogP contribution in [0.25, 0.3) is 0 Å². The van der Waals surface area contributed by atoms with Gasteiger partial charge in [-0.2, -0.15) is 0 Å². The molecule has 2 bridgehead atoms. The molecule has 2 aliphatic heterocycles. The van der Waals surface area contributed by atoms with Gasteiger partial charge < -0.3 is 9.88 Å². The average Bonchev–Trinajstić information content (AvgIpc) is 3.37. The van der Waals surface area contributed by atoms with Crippen LogP contribution in [0, 0.1) is 12.8 Å². The molecule has 4 atom stereocenters. The van der Waals surface area contributed by atoms with Crippen LogP contribution in [-0.2, 0) is 4.79 Å². The first-order valence-electron chi connectivity index (χ1n) is 14.0. The lowest BCUT2D eigenvalue weighted by Crippen LogP contribution is -2.45. The van der Waals surface area contributed by atoms with E-state index in [2.05, 4.69) is 50.7 Å². The van der Waals surface area contributed by atoms with Gasteiger partial charge in [0.2, 0.25) is 11.8 Å². The monoisotopic (exact) mass is 514 g/mol. The smallest absolute Gasteiger partial charge is 0.248 e. The van der Waals surface area contributed by atoms with Crippen molar-refractivity contribution in [3.8, 4) is 0 Å². The number of piperidine rings is 1. The predicted molar refractivity (Wildman–Crippen MR) is 137 cm³/mol. The van der Waals surface area contributed by atoms with Crippen molar-refractivity contribution in [3.05, 3.63) is 41.7 Å². The zero-order valence-corrected chi connectivity index (χ0v) is 22.2. The fraction of sp³-hybridized carbons (Fsp3) is 0.714. The summed E-state index contributed by atoms with van der Waals surface area (Å²) >= 11 is 0. The molecule has 1 N–H and O–H groups in total. The number of carbonyl (C=O) groups is 1. The van der Waals surface area contributed by atoms with Crippen molar-refractivity contribution in [3.63, 3.8) is 0 Å². The lowest BCUT2D eigenvalue weighted by molar-refractivity contribution is -0.130. The summed E-state index contributed by atoms with van der Waals surface area (Å²) in [6.07, 6.45) is 8.98. The van der Waals surface area contributed by atoms with Gasteiger partial charge in [-0.3, -0.25) is 14.7 Å². The van der Waals surface area contributed by atoms with E-state index in [1.807, 2.05) is 18.3 Å². The van der Waals surface area contributed by atoms with E-state index >= 15 is 0 Å². The number of aromatic nitrogens is 4. The van der Waals surface area contributed by atoms with E-state index < -0.39 is 5.92 Å². The lowest BCUT2D eigenvalue weighted by atomic mass is 9.86. The number of fused-ring (bicyclic) bond motifs is 2. The number of pyridine rings is 1. The van der Waals surface area contributed by atoms with Gasteiger partial charge in [0.1, 0.15) is 11.6 Å². The topological polar surface area (TPSA) is 75.9 Å². The second-order valence-electron chi connectivity index (χ2n) is 11.6. The summed E-state index contributed by atoms with van der Waals surface area (Å²) in [7, 11) is 0. The Bertz CT molecular complexity index is 1050. The van der Waals surface area contributed by atoms with Gasteiger partial charge in [-0.15, -0.1) is 10.2 Å². The number of rotatable bonds is 8. The highest BCUT2D eigenvalue weighted by molar-refractivity contribution is 5.79. The molecule has 0 aromatic carbocycles. The molecule has 0 radical (unpaired) electrons. The number of nitrogens with one attached hydrogen (secondary N) is 1. The minimum Gasteiger partial charge on any atom is -0.349 e. The maximum absolute atomic E-state index is 13.6. The van der Waals surface area contributed by atoms with Crippen LogP contribution in [0.5, 0.6) is 0 Å². The summed E-state index contributed by atoms with van der Waals surface area (Å²) in [4.78, 5) is 20.0. The number of amides is 1. The number of nitrogens with zero attached hydrogens (tertiary/aromatic N) is 5. The number of hydrogen-bond acceptors (Lipinski definition) is 5. The van der Waals surface area contributed by atoms with Gasteiger partial charge in [0.15, 0.2) is 0 Å².